The predicted molar refractivity (Wildman–Crippen MR) is 56.1 cm³/mol. The highest BCUT2D eigenvalue weighted by atomic mass is 32.1. The fourth-order valence-electron chi connectivity index (χ4n) is 1.07. The Morgan fingerprint density at radius 1 is 1.38 bits per heavy atom. The average molecular weight is 192 g/mol. The van der Waals surface area contributed by atoms with Gasteiger partial charge < -0.3 is 10.0 Å². The SMILES string of the molecule is C#CCc1cc(S)cc(B(O)O)c1. The molecule has 0 aliphatic rings. The minimum atomic E-state index is -1.47. The van der Waals surface area contributed by atoms with Crippen LogP contribution >= 0.6 is 12.6 Å². The molecule has 0 aliphatic carbocycles. The van der Waals surface area contributed by atoms with Crippen LogP contribution in [0.2, 0.25) is 0 Å². The lowest BCUT2D eigenvalue weighted by atomic mass is 9.79. The van der Waals surface area contributed by atoms with E-state index in [1.165, 1.54) is 0 Å². The largest absolute Gasteiger partial charge is 0.488 e. The second-order valence-corrected chi connectivity index (χ2v) is 3.20. The van der Waals surface area contributed by atoms with Gasteiger partial charge in [-0.3, -0.25) is 0 Å². The third-order valence-corrected chi connectivity index (χ3v) is 1.86. The van der Waals surface area contributed by atoms with Crippen molar-refractivity contribution in [3.63, 3.8) is 0 Å². The molecule has 0 amide bonds. The first-order valence-electron chi connectivity index (χ1n) is 3.76. The molecule has 0 heterocycles. The van der Waals surface area contributed by atoms with Crippen LogP contribution in [0.25, 0.3) is 0 Å². The van der Waals surface area contributed by atoms with E-state index in [9.17, 15) is 0 Å². The van der Waals surface area contributed by atoms with Crippen molar-refractivity contribution >= 4 is 25.2 Å². The molecule has 66 valence electrons. The summed E-state index contributed by atoms with van der Waals surface area (Å²) in [4.78, 5) is 0.677. The first-order valence-corrected chi connectivity index (χ1v) is 4.20. The molecular formula is C9H9BO2S. The minimum Gasteiger partial charge on any atom is -0.423 e. The first kappa shape index (κ1) is 10.2. The zero-order valence-electron chi connectivity index (χ0n) is 6.94. The summed E-state index contributed by atoms with van der Waals surface area (Å²) in [5.41, 5.74) is 1.27. The van der Waals surface area contributed by atoms with Gasteiger partial charge in [-0.1, -0.05) is 6.07 Å². The maximum Gasteiger partial charge on any atom is 0.488 e. The molecule has 0 saturated carbocycles. The lowest BCUT2D eigenvalue weighted by Gasteiger charge is -2.03. The third-order valence-electron chi connectivity index (χ3n) is 1.60. The van der Waals surface area contributed by atoms with Crippen LogP contribution in [-0.2, 0) is 6.42 Å². The van der Waals surface area contributed by atoms with E-state index in [4.69, 9.17) is 16.5 Å². The van der Waals surface area contributed by atoms with E-state index < -0.39 is 7.12 Å². The molecule has 0 saturated heterocycles. The zero-order valence-corrected chi connectivity index (χ0v) is 7.83. The molecule has 1 aromatic carbocycles. The van der Waals surface area contributed by atoms with Gasteiger partial charge in [-0.2, -0.15) is 0 Å². The smallest absolute Gasteiger partial charge is 0.423 e. The van der Waals surface area contributed by atoms with Crippen molar-refractivity contribution < 1.29 is 10.0 Å². The molecule has 0 unspecified atom stereocenters. The lowest BCUT2D eigenvalue weighted by molar-refractivity contribution is 0.425. The molecule has 0 aliphatic heterocycles. The number of terminal acetylenes is 1. The van der Waals surface area contributed by atoms with Gasteiger partial charge in [0.2, 0.25) is 0 Å². The molecule has 1 aromatic rings. The maximum absolute atomic E-state index is 8.91. The van der Waals surface area contributed by atoms with Crippen molar-refractivity contribution in [1.29, 1.82) is 0 Å². The Morgan fingerprint density at radius 3 is 2.62 bits per heavy atom. The number of rotatable bonds is 2. The Kier molecular flexibility index (Phi) is 3.43. The van der Waals surface area contributed by atoms with Gasteiger partial charge in [0.15, 0.2) is 0 Å². The van der Waals surface area contributed by atoms with Gasteiger partial charge in [0.05, 0.1) is 0 Å². The molecule has 13 heavy (non-hydrogen) atoms. The number of thiol groups is 1. The molecule has 0 atom stereocenters. The van der Waals surface area contributed by atoms with E-state index in [0.29, 0.717) is 16.8 Å². The van der Waals surface area contributed by atoms with Gasteiger partial charge in [-0.15, -0.1) is 25.0 Å². The summed E-state index contributed by atoms with van der Waals surface area (Å²) in [6.07, 6.45) is 5.60. The van der Waals surface area contributed by atoms with Gasteiger partial charge in [-0.25, -0.2) is 0 Å². The van der Waals surface area contributed by atoms with Gasteiger partial charge >= 0.3 is 7.12 Å². The molecule has 2 N–H and O–H groups in total. The Balaban J connectivity index is 3.05. The molecule has 1 rings (SSSR count). The first-order chi connectivity index (χ1) is 6.13. The van der Waals surface area contributed by atoms with Crippen molar-refractivity contribution in [2.24, 2.45) is 0 Å². The van der Waals surface area contributed by atoms with Crippen molar-refractivity contribution in [2.45, 2.75) is 11.3 Å². The van der Waals surface area contributed by atoms with E-state index in [-0.39, 0.29) is 0 Å². The number of benzene rings is 1. The second-order valence-electron chi connectivity index (χ2n) is 2.69. The Labute approximate surface area is 83.2 Å². The summed E-state index contributed by atoms with van der Waals surface area (Å²) in [7, 11) is -1.47. The van der Waals surface area contributed by atoms with Crippen LogP contribution < -0.4 is 5.46 Å². The number of hydrogen-bond acceptors (Lipinski definition) is 3. The normalized spacial score (nSPS) is 9.38. The molecule has 4 heteroatoms. The summed E-state index contributed by atoms with van der Waals surface area (Å²) in [6, 6.07) is 5.05. The van der Waals surface area contributed by atoms with Gasteiger partial charge in [0, 0.05) is 11.3 Å². The second kappa shape index (κ2) is 4.38. The predicted octanol–water partition coefficient (Wildman–Crippen LogP) is -0.169. The van der Waals surface area contributed by atoms with E-state index in [1.807, 2.05) is 0 Å². The lowest BCUT2D eigenvalue weighted by Crippen LogP contribution is -2.30. The summed E-state index contributed by atoms with van der Waals surface area (Å²) in [6.45, 7) is 0. The van der Waals surface area contributed by atoms with Crippen LogP contribution in [0, 0.1) is 12.3 Å². The van der Waals surface area contributed by atoms with Crippen molar-refractivity contribution in [3.05, 3.63) is 23.8 Å². The Bertz CT molecular complexity index is 344. The fraction of sp³-hybridized carbons (Fsp3) is 0.111. The van der Waals surface area contributed by atoms with Gasteiger partial charge in [0.1, 0.15) is 0 Å². The monoisotopic (exact) mass is 192 g/mol. The average Bonchev–Trinajstić information content (AvgIpc) is 2.03. The van der Waals surface area contributed by atoms with Crippen LogP contribution in [0.15, 0.2) is 23.1 Å². The highest BCUT2D eigenvalue weighted by Gasteiger charge is 2.11. The summed E-state index contributed by atoms with van der Waals surface area (Å²) in [5, 5.41) is 17.8. The standard InChI is InChI=1S/C9H9BO2S/c1-2-3-7-4-8(10(11)12)6-9(13)5-7/h1,4-6,11-13H,3H2. The van der Waals surface area contributed by atoms with Crippen LogP contribution in [-0.4, -0.2) is 17.2 Å². The Hall–Kier alpha value is -0.885. The van der Waals surface area contributed by atoms with E-state index in [2.05, 4.69) is 18.5 Å². The Morgan fingerprint density at radius 2 is 2.08 bits per heavy atom. The third kappa shape index (κ3) is 2.81. The van der Waals surface area contributed by atoms with Crippen LogP contribution in [0.5, 0.6) is 0 Å². The topological polar surface area (TPSA) is 40.5 Å². The van der Waals surface area contributed by atoms with E-state index in [0.717, 1.165) is 5.56 Å². The molecule has 0 aromatic heterocycles. The number of hydrogen-bond donors (Lipinski definition) is 3. The highest BCUT2D eigenvalue weighted by Crippen LogP contribution is 2.08. The fourth-order valence-corrected chi connectivity index (χ4v) is 1.38. The van der Waals surface area contributed by atoms with Crippen molar-refractivity contribution in [2.75, 3.05) is 0 Å². The van der Waals surface area contributed by atoms with Crippen molar-refractivity contribution in [1.82, 2.24) is 0 Å². The van der Waals surface area contributed by atoms with Crippen LogP contribution in [0.1, 0.15) is 5.56 Å². The van der Waals surface area contributed by atoms with Crippen molar-refractivity contribution in [3.8, 4) is 12.3 Å². The molecule has 0 bridgehead atoms. The molecule has 2 nitrogen and oxygen atoms in total. The molecule has 0 spiro atoms. The van der Waals surface area contributed by atoms with Gasteiger partial charge in [-0.05, 0) is 23.2 Å². The summed E-state index contributed by atoms with van der Waals surface area (Å²) < 4.78 is 0. The van der Waals surface area contributed by atoms with Gasteiger partial charge in [0.25, 0.3) is 0 Å². The quantitative estimate of drug-likeness (QED) is 0.346. The molecule has 0 fully saturated rings. The molecule has 0 radical (unpaired) electrons. The van der Waals surface area contributed by atoms with E-state index in [1.54, 1.807) is 18.2 Å². The van der Waals surface area contributed by atoms with Crippen LogP contribution in [0.3, 0.4) is 0 Å². The molecular weight excluding hydrogens is 183 g/mol. The zero-order chi connectivity index (χ0) is 9.84. The summed E-state index contributed by atoms with van der Waals surface area (Å²) in [5.74, 6) is 2.48. The highest BCUT2D eigenvalue weighted by molar-refractivity contribution is 7.80. The maximum atomic E-state index is 8.91. The van der Waals surface area contributed by atoms with Crippen LogP contribution in [0.4, 0.5) is 0 Å². The minimum absolute atomic E-state index is 0.415. The van der Waals surface area contributed by atoms with E-state index >= 15 is 0 Å². The summed E-state index contributed by atoms with van der Waals surface area (Å²) >= 11 is 4.12.